The fourth-order valence-corrected chi connectivity index (χ4v) is 1.30. The van der Waals surface area contributed by atoms with Crippen molar-refractivity contribution in [1.29, 1.82) is 0 Å². The monoisotopic (exact) mass is 204 g/mol. The number of carboxylic acids is 1. The van der Waals surface area contributed by atoms with Crippen molar-refractivity contribution >= 4 is 12.0 Å². The number of benzene rings is 1. The molecule has 0 aliphatic rings. The van der Waals surface area contributed by atoms with Gasteiger partial charge in [-0.15, -0.1) is 0 Å². The Labute approximate surface area is 90.3 Å². The zero-order chi connectivity index (χ0) is 11.3. The van der Waals surface area contributed by atoms with Crippen molar-refractivity contribution in [2.75, 3.05) is 0 Å². The lowest BCUT2D eigenvalue weighted by molar-refractivity contribution is -0.140. The van der Waals surface area contributed by atoms with Crippen LogP contribution in [0.3, 0.4) is 0 Å². The molecule has 0 spiro atoms. The molecule has 0 aliphatic carbocycles. The fourth-order valence-electron chi connectivity index (χ4n) is 1.30. The number of aryl methyl sites for hydroxylation is 1. The Bertz CT molecular complexity index is 349. The molecule has 0 radical (unpaired) electrons. The van der Waals surface area contributed by atoms with E-state index in [0.29, 0.717) is 6.42 Å². The van der Waals surface area contributed by atoms with Crippen LogP contribution in [0.15, 0.2) is 30.3 Å². The molecule has 0 aromatic heterocycles. The zero-order valence-corrected chi connectivity index (χ0v) is 9.10. The summed E-state index contributed by atoms with van der Waals surface area (Å²) in [6.45, 7) is 3.90. The van der Waals surface area contributed by atoms with Crippen LogP contribution < -0.4 is 0 Å². The van der Waals surface area contributed by atoms with Gasteiger partial charge in [0.1, 0.15) is 0 Å². The van der Waals surface area contributed by atoms with E-state index in [1.54, 1.807) is 6.08 Å². The Morgan fingerprint density at radius 3 is 2.47 bits per heavy atom. The minimum Gasteiger partial charge on any atom is -0.481 e. The standard InChI is InChI=1S/C13H16O2/c1-3-12(13(14)15)9-8-11-6-4-10(2)5-7-11/h4-9,12H,3H2,1-2H3,(H,14,15)/b9-8+/t12-/m0/s1. The third kappa shape index (κ3) is 3.58. The van der Waals surface area contributed by atoms with Crippen LogP contribution in [-0.2, 0) is 4.79 Å². The molecule has 0 fully saturated rings. The number of carbonyl (C=O) groups is 1. The summed E-state index contributed by atoms with van der Waals surface area (Å²) in [5, 5.41) is 8.84. The molecule has 0 bridgehead atoms. The average Bonchev–Trinajstić information content (AvgIpc) is 2.21. The Morgan fingerprint density at radius 2 is 2.00 bits per heavy atom. The molecule has 1 aromatic carbocycles. The first-order valence-corrected chi connectivity index (χ1v) is 5.11. The van der Waals surface area contributed by atoms with Crippen molar-refractivity contribution in [3.05, 3.63) is 41.5 Å². The van der Waals surface area contributed by atoms with Crippen LogP contribution in [0.5, 0.6) is 0 Å². The first-order chi connectivity index (χ1) is 7.13. The van der Waals surface area contributed by atoms with Gasteiger partial charge in [0.05, 0.1) is 5.92 Å². The Kier molecular flexibility index (Phi) is 4.10. The molecule has 1 atom stereocenters. The maximum Gasteiger partial charge on any atom is 0.310 e. The van der Waals surface area contributed by atoms with Crippen LogP contribution in [-0.4, -0.2) is 11.1 Å². The van der Waals surface area contributed by atoms with E-state index in [1.165, 1.54) is 5.56 Å². The van der Waals surface area contributed by atoms with Gasteiger partial charge in [0, 0.05) is 0 Å². The van der Waals surface area contributed by atoms with E-state index in [2.05, 4.69) is 0 Å². The number of rotatable bonds is 4. The van der Waals surface area contributed by atoms with E-state index in [-0.39, 0.29) is 5.92 Å². The van der Waals surface area contributed by atoms with Gasteiger partial charge in [-0.2, -0.15) is 0 Å². The summed E-state index contributed by atoms with van der Waals surface area (Å²) in [5.74, 6) is -1.15. The van der Waals surface area contributed by atoms with Crippen LogP contribution in [0.25, 0.3) is 6.08 Å². The van der Waals surface area contributed by atoms with Gasteiger partial charge in [0.25, 0.3) is 0 Å². The van der Waals surface area contributed by atoms with E-state index in [9.17, 15) is 4.79 Å². The van der Waals surface area contributed by atoms with Crippen molar-refractivity contribution in [2.24, 2.45) is 5.92 Å². The van der Waals surface area contributed by atoms with Crippen LogP contribution in [0, 0.1) is 12.8 Å². The van der Waals surface area contributed by atoms with Crippen molar-refractivity contribution in [3.8, 4) is 0 Å². The number of hydrogen-bond donors (Lipinski definition) is 1. The number of carboxylic acid groups (broad SMARTS) is 1. The van der Waals surface area contributed by atoms with E-state index in [0.717, 1.165) is 5.56 Å². The molecule has 1 N–H and O–H groups in total. The second-order valence-electron chi connectivity index (χ2n) is 3.62. The van der Waals surface area contributed by atoms with Crippen molar-refractivity contribution < 1.29 is 9.90 Å². The lowest BCUT2D eigenvalue weighted by atomic mass is 10.0. The molecule has 2 heteroatoms. The second-order valence-corrected chi connectivity index (χ2v) is 3.62. The lowest BCUT2D eigenvalue weighted by Crippen LogP contribution is -2.08. The SMILES string of the molecule is CC[C@@H](/C=C/c1ccc(C)cc1)C(=O)O. The smallest absolute Gasteiger partial charge is 0.310 e. The van der Waals surface area contributed by atoms with Crippen LogP contribution in [0.1, 0.15) is 24.5 Å². The summed E-state index contributed by atoms with van der Waals surface area (Å²) in [6.07, 6.45) is 4.23. The van der Waals surface area contributed by atoms with Gasteiger partial charge in [-0.3, -0.25) is 4.79 Å². The Hall–Kier alpha value is -1.57. The van der Waals surface area contributed by atoms with Crippen molar-refractivity contribution in [2.45, 2.75) is 20.3 Å². The summed E-state index contributed by atoms with van der Waals surface area (Å²) in [4.78, 5) is 10.8. The van der Waals surface area contributed by atoms with E-state index in [1.807, 2.05) is 44.2 Å². The number of hydrogen-bond acceptors (Lipinski definition) is 1. The molecule has 1 aromatic rings. The van der Waals surface area contributed by atoms with Gasteiger partial charge < -0.3 is 5.11 Å². The predicted octanol–water partition coefficient (Wildman–Crippen LogP) is 3.12. The summed E-state index contributed by atoms with van der Waals surface area (Å²) >= 11 is 0. The second kappa shape index (κ2) is 5.35. The highest BCUT2D eigenvalue weighted by molar-refractivity contribution is 5.73. The molecular weight excluding hydrogens is 188 g/mol. The van der Waals surface area contributed by atoms with Crippen molar-refractivity contribution in [3.63, 3.8) is 0 Å². The maximum atomic E-state index is 10.8. The highest BCUT2D eigenvalue weighted by atomic mass is 16.4. The normalized spacial score (nSPS) is 12.9. The molecule has 0 heterocycles. The van der Waals surface area contributed by atoms with Gasteiger partial charge in [0.2, 0.25) is 0 Å². The summed E-state index contributed by atoms with van der Waals surface area (Å²) in [6, 6.07) is 8.00. The largest absolute Gasteiger partial charge is 0.481 e. The van der Waals surface area contributed by atoms with E-state index >= 15 is 0 Å². The van der Waals surface area contributed by atoms with Gasteiger partial charge in [0.15, 0.2) is 0 Å². The molecule has 15 heavy (non-hydrogen) atoms. The van der Waals surface area contributed by atoms with Crippen LogP contribution in [0.2, 0.25) is 0 Å². The first kappa shape index (κ1) is 11.5. The quantitative estimate of drug-likeness (QED) is 0.818. The van der Waals surface area contributed by atoms with Gasteiger partial charge in [-0.25, -0.2) is 0 Å². The van der Waals surface area contributed by atoms with E-state index in [4.69, 9.17) is 5.11 Å². The molecule has 1 rings (SSSR count). The third-order valence-electron chi connectivity index (χ3n) is 2.36. The van der Waals surface area contributed by atoms with Crippen LogP contribution in [0.4, 0.5) is 0 Å². The minimum atomic E-state index is -0.763. The third-order valence-corrected chi connectivity index (χ3v) is 2.36. The summed E-state index contributed by atoms with van der Waals surface area (Å²) in [5.41, 5.74) is 2.25. The molecule has 0 saturated carbocycles. The maximum absolute atomic E-state index is 10.8. The highest BCUT2D eigenvalue weighted by Gasteiger charge is 2.09. The first-order valence-electron chi connectivity index (χ1n) is 5.11. The highest BCUT2D eigenvalue weighted by Crippen LogP contribution is 2.10. The van der Waals surface area contributed by atoms with E-state index < -0.39 is 5.97 Å². The number of aliphatic carboxylic acids is 1. The molecule has 0 aliphatic heterocycles. The van der Waals surface area contributed by atoms with Crippen LogP contribution >= 0.6 is 0 Å². The van der Waals surface area contributed by atoms with Gasteiger partial charge in [-0.1, -0.05) is 48.9 Å². The minimum absolute atomic E-state index is 0.383. The topological polar surface area (TPSA) is 37.3 Å². The molecule has 80 valence electrons. The molecule has 0 unspecified atom stereocenters. The van der Waals surface area contributed by atoms with Gasteiger partial charge in [-0.05, 0) is 18.9 Å². The zero-order valence-electron chi connectivity index (χ0n) is 9.10. The van der Waals surface area contributed by atoms with Gasteiger partial charge >= 0.3 is 5.97 Å². The Balaban J connectivity index is 2.72. The lowest BCUT2D eigenvalue weighted by Gasteiger charge is -2.02. The molecule has 2 nitrogen and oxygen atoms in total. The average molecular weight is 204 g/mol. The predicted molar refractivity (Wildman–Crippen MR) is 61.6 cm³/mol. The summed E-state index contributed by atoms with van der Waals surface area (Å²) < 4.78 is 0. The molecule has 0 amide bonds. The summed E-state index contributed by atoms with van der Waals surface area (Å²) in [7, 11) is 0. The molecular formula is C13H16O2. The molecule has 0 saturated heterocycles. The fraction of sp³-hybridized carbons (Fsp3) is 0.308. The Morgan fingerprint density at radius 1 is 1.40 bits per heavy atom. The van der Waals surface area contributed by atoms with Crippen molar-refractivity contribution in [1.82, 2.24) is 0 Å².